The zero-order valence-corrected chi connectivity index (χ0v) is 13.4. The lowest BCUT2D eigenvalue weighted by Gasteiger charge is -2.27. The highest BCUT2D eigenvalue weighted by Crippen LogP contribution is 2.40. The number of hydrogen-bond acceptors (Lipinski definition) is 3. The van der Waals surface area contributed by atoms with Crippen LogP contribution in [0.3, 0.4) is 0 Å². The molecule has 25 heavy (non-hydrogen) atoms. The van der Waals surface area contributed by atoms with Crippen LogP contribution in [0.2, 0.25) is 5.02 Å². The van der Waals surface area contributed by atoms with Crippen molar-refractivity contribution in [3.8, 4) is 23.7 Å². The van der Waals surface area contributed by atoms with Crippen molar-refractivity contribution in [2.75, 3.05) is 0 Å². The summed E-state index contributed by atoms with van der Waals surface area (Å²) < 4.78 is 44.3. The molecule has 1 atom stereocenters. The molecule has 0 spiro atoms. The fraction of sp³-hybridized carbons (Fsp3) is 0.294. The van der Waals surface area contributed by atoms with Gasteiger partial charge in [-0.2, -0.15) is 18.4 Å². The second kappa shape index (κ2) is 7.50. The highest BCUT2D eigenvalue weighted by atomic mass is 35.5. The Labute approximate surface area is 146 Å². The average molecular weight is 370 g/mol. The summed E-state index contributed by atoms with van der Waals surface area (Å²) in [4.78, 5) is 11.1. The SMILES string of the molecule is N#CCCCC#Cc1cc(Cl)cc2c1OC(C(F)(F)F)C(C(=O)O)=C2. The predicted molar refractivity (Wildman–Crippen MR) is 83.9 cm³/mol. The van der Waals surface area contributed by atoms with Gasteiger partial charge in [0.25, 0.3) is 0 Å². The van der Waals surface area contributed by atoms with Gasteiger partial charge in [-0.1, -0.05) is 23.4 Å². The molecule has 1 aromatic carbocycles. The summed E-state index contributed by atoms with van der Waals surface area (Å²) >= 11 is 5.93. The number of carboxylic acids is 1. The summed E-state index contributed by atoms with van der Waals surface area (Å²) in [5, 5.41) is 17.7. The molecule has 0 aliphatic carbocycles. The number of aliphatic carboxylic acids is 1. The number of alkyl halides is 3. The number of nitriles is 1. The standard InChI is InChI=1S/C17H11ClF3NO3/c18-12-7-10(5-3-1-2-4-6-22)14-11(8-12)9-13(16(23)24)15(25-14)17(19,20)21/h7-9,15H,1-2,4H2,(H,23,24). The molecule has 130 valence electrons. The molecule has 2 rings (SSSR count). The average Bonchev–Trinajstić information content (AvgIpc) is 2.52. The minimum absolute atomic E-state index is 0.117. The van der Waals surface area contributed by atoms with Gasteiger partial charge in [-0.05, 0) is 24.6 Å². The maximum atomic E-state index is 13.1. The first-order valence-electron chi connectivity index (χ1n) is 7.11. The molecule has 1 aliphatic rings. The van der Waals surface area contributed by atoms with Crippen LogP contribution in [0.15, 0.2) is 17.7 Å². The molecule has 1 heterocycles. The fourth-order valence-electron chi connectivity index (χ4n) is 2.20. The summed E-state index contributed by atoms with van der Waals surface area (Å²) in [5.74, 6) is 3.53. The van der Waals surface area contributed by atoms with Crippen molar-refractivity contribution >= 4 is 23.6 Å². The van der Waals surface area contributed by atoms with Gasteiger partial charge >= 0.3 is 12.1 Å². The first-order valence-corrected chi connectivity index (χ1v) is 7.49. The second-order valence-corrected chi connectivity index (χ2v) is 5.57. The third kappa shape index (κ3) is 4.46. The number of rotatable bonds is 3. The van der Waals surface area contributed by atoms with E-state index in [1.165, 1.54) is 12.1 Å². The van der Waals surface area contributed by atoms with E-state index in [-0.39, 0.29) is 21.9 Å². The molecule has 0 saturated heterocycles. The summed E-state index contributed by atoms with van der Waals surface area (Å²) in [6.45, 7) is 0. The second-order valence-electron chi connectivity index (χ2n) is 5.13. The molecule has 1 aromatic rings. The van der Waals surface area contributed by atoms with Gasteiger partial charge in [0.15, 0.2) is 0 Å². The molecule has 0 aromatic heterocycles. The van der Waals surface area contributed by atoms with Crippen LogP contribution in [0.5, 0.6) is 5.75 Å². The van der Waals surface area contributed by atoms with Crippen LogP contribution in [0.25, 0.3) is 6.08 Å². The Morgan fingerprint density at radius 2 is 2.08 bits per heavy atom. The van der Waals surface area contributed by atoms with Crippen LogP contribution >= 0.6 is 11.6 Å². The molecule has 0 radical (unpaired) electrons. The Bertz CT molecular complexity index is 829. The van der Waals surface area contributed by atoms with Crippen LogP contribution < -0.4 is 4.74 Å². The van der Waals surface area contributed by atoms with Gasteiger partial charge in [0, 0.05) is 23.4 Å². The Kier molecular flexibility index (Phi) is 5.61. The highest BCUT2D eigenvalue weighted by molar-refractivity contribution is 6.31. The summed E-state index contributed by atoms with van der Waals surface area (Å²) in [7, 11) is 0. The Morgan fingerprint density at radius 3 is 2.68 bits per heavy atom. The molecule has 0 amide bonds. The van der Waals surface area contributed by atoms with E-state index >= 15 is 0 Å². The van der Waals surface area contributed by atoms with Crippen molar-refractivity contribution in [2.24, 2.45) is 0 Å². The Hall–Kier alpha value is -2.64. The molecule has 0 bridgehead atoms. The van der Waals surface area contributed by atoms with Crippen molar-refractivity contribution in [1.29, 1.82) is 5.26 Å². The fourth-order valence-corrected chi connectivity index (χ4v) is 2.43. The molecule has 0 saturated carbocycles. The van der Waals surface area contributed by atoms with E-state index in [9.17, 15) is 18.0 Å². The molecular formula is C17H11ClF3NO3. The third-order valence-corrected chi connectivity index (χ3v) is 3.49. The van der Waals surface area contributed by atoms with Crippen molar-refractivity contribution in [2.45, 2.75) is 31.5 Å². The van der Waals surface area contributed by atoms with Crippen molar-refractivity contribution in [3.63, 3.8) is 0 Å². The molecule has 4 nitrogen and oxygen atoms in total. The van der Waals surface area contributed by atoms with Crippen LogP contribution in [0.1, 0.15) is 30.4 Å². The van der Waals surface area contributed by atoms with E-state index in [1.807, 2.05) is 6.07 Å². The number of unbranched alkanes of at least 4 members (excludes halogenated alkanes) is 2. The lowest BCUT2D eigenvalue weighted by molar-refractivity contribution is -0.187. The molecule has 1 N–H and O–H groups in total. The zero-order chi connectivity index (χ0) is 18.6. The Morgan fingerprint density at radius 1 is 1.36 bits per heavy atom. The van der Waals surface area contributed by atoms with Crippen LogP contribution in [-0.4, -0.2) is 23.4 Å². The maximum Gasteiger partial charge on any atom is 0.430 e. The van der Waals surface area contributed by atoms with E-state index in [0.717, 1.165) is 6.08 Å². The summed E-state index contributed by atoms with van der Waals surface area (Å²) in [6, 6.07) is 4.63. The largest absolute Gasteiger partial charge is 0.478 e. The first kappa shape index (κ1) is 18.7. The number of ether oxygens (including phenoxy) is 1. The summed E-state index contributed by atoms with van der Waals surface area (Å²) in [5.41, 5.74) is -0.670. The van der Waals surface area contributed by atoms with Gasteiger partial charge < -0.3 is 9.84 Å². The zero-order valence-electron chi connectivity index (χ0n) is 12.7. The van der Waals surface area contributed by atoms with E-state index in [0.29, 0.717) is 19.3 Å². The van der Waals surface area contributed by atoms with Gasteiger partial charge in [-0.25, -0.2) is 4.79 Å². The van der Waals surface area contributed by atoms with E-state index < -0.39 is 23.8 Å². The maximum absolute atomic E-state index is 13.1. The smallest absolute Gasteiger partial charge is 0.430 e. The third-order valence-electron chi connectivity index (χ3n) is 3.27. The summed E-state index contributed by atoms with van der Waals surface area (Å²) in [6.07, 6.45) is -5.35. The quantitative estimate of drug-likeness (QED) is 0.641. The lowest BCUT2D eigenvalue weighted by atomic mass is 9.99. The topological polar surface area (TPSA) is 70.3 Å². The van der Waals surface area contributed by atoms with Crippen molar-refractivity contribution < 1.29 is 27.8 Å². The normalized spacial score (nSPS) is 15.8. The van der Waals surface area contributed by atoms with Gasteiger partial charge in [0.2, 0.25) is 6.10 Å². The number of halogens is 4. The number of hydrogen-bond donors (Lipinski definition) is 1. The molecule has 1 unspecified atom stereocenters. The number of carbonyl (C=O) groups is 1. The van der Waals surface area contributed by atoms with E-state index in [2.05, 4.69) is 11.8 Å². The van der Waals surface area contributed by atoms with Gasteiger partial charge in [0.1, 0.15) is 5.75 Å². The van der Waals surface area contributed by atoms with Crippen molar-refractivity contribution in [3.05, 3.63) is 33.9 Å². The van der Waals surface area contributed by atoms with Crippen LogP contribution in [0, 0.1) is 23.2 Å². The van der Waals surface area contributed by atoms with Gasteiger partial charge in [-0.15, -0.1) is 0 Å². The monoisotopic (exact) mass is 369 g/mol. The minimum Gasteiger partial charge on any atom is -0.478 e. The van der Waals surface area contributed by atoms with Crippen molar-refractivity contribution in [1.82, 2.24) is 0 Å². The molecular weight excluding hydrogens is 359 g/mol. The highest BCUT2D eigenvalue weighted by Gasteiger charge is 2.48. The number of carboxylic acid groups (broad SMARTS) is 1. The predicted octanol–water partition coefficient (Wildman–Crippen LogP) is 4.18. The lowest BCUT2D eigenvalue weighted by Crippen LogP contribution is -2.40. The van der Waals surface area contributed by atoms with Gasteiger partial charge in [0.05, 0.1) is 17.2 Å². The molecule has 0 fully saturated rings. The molecule has 8 heteroatoms. The van der Waals surface area contributed by atoms with E-state index in [4.69, 9.17) is 26.7 Å². The van der Waals surface area contributed by atoms with E-state index in [1.54, 1.807) is 0 Å². The Balaban J connectivity index is 2.46. The minimum atomic E-state index is -4.89. The first-order chi connectivity index (χ1) is 11.7. The van der Waals surface area contributed by atoms with Crippen LogP contribution in [-0.2, 0) is 4.79 Å². The number of benzene rings is 1. The molecule has 1 aliphatic heterocycles. The number of nitrogens with zero attached hydrogens (tertiary/aromatic N) is 1. The van der Waals surface area contributed by atoms with Gasteiger partial charge in [-0.3, -0.25) is 0 Å². The number of fused-ring (bicyclic) bond motifs is 1. The van der Waals surface area contributed by atoms with Crippen LogP contribution in [0.4, 0.5) is 13.2 Å².